The number of nitrogens with zero attached hydrogens (tertiary/aromatic N) is 1. The molecule has 0 aromatic heterocycles. The molecule has 0 heterocycles. The average Bonchev–Trinajstić information content (AvgIpc) is 2.48. The maximum atomic E-state index is 11.5. The monoisotopic (exact) mass is 278 g/mol. The van der Waals surface area contributed by atoms with Gasteiger partial charge in [0, 0.05) is 13.1 Å². The van der Waals surface area contributed by atoms with Gasteiger partial charge in [-0.3, -0.25) is 0 Å². The van der Waals surface area contributed by atoms with Gasteiger partial charge in [0.05, 0.1) is 24.0 Å². The fourth-order valence-corrected chi connectivity index (χ4v) is 2.34. The zero-order valence-corrected chi connectivity index (χ0v) is 13.0. The van der Waals surface area contributed by atoms with E-state index in [-0.39, 0.29) is 5.97 Å². The van der Waals surface area contributed by atoms with Gasteiger partial charge in [-0.1, -0.05) is 26.7 Å². The third-order valence-electron chi connectivity index (χ3n) is 3.80. The topological polar surface area (TPSA) is 55.6 Å². The van der Waals surface area contributed by atoms with Gasteiger partial charge < -0.3 is 15.4 Å². The Kier molecular flexibility index (Phi) is 6.36. The van der Waals surface area contributed by atoms with Crippen LogP contribution < -0.4 is 10.6 Å². The number of hydrogen-bond donors (Lipinski definition) is 1. The lowest BCUT2D eigenvalue weighted by molar-refractivity contribution is 0.0601. The molecule has 0 spiro atoms. The number of methoxy groups -OCH3 is 1. The second-order valence-electron chi connectivity index (χ2n) is 4.99. The average molecular weight is 278 g/mol. The number of rotatable bonds is 7. The van der Waals surface area contributed by atoms with Crippen LogP contribution in [0.25, 0.3) is 0 Å². The normalized spacial score (nSPS) is 10.7. The highest BCUT2D eigenvalue weighted by Crippen LogP contribution is 2.26. The Morgan fingerprint density at radius 2 is 1.95 bits per heavy atom. The first-order valence-corrected chi connectivity index (χ1v) is 7.30. The van der Waals surface area contributed by atoms with E-state index in [2.05, 4.69) is 25.7 Å². The molecule has 112 valence electrons. The zero-order valence-electron chi connectivity index (χ0n) is 13.0. The molecule has 1 aromatic carbocycles. The molecular formula is C16H26N2O2. The number of nitrogen functional groups attached to an aromatic ring is 1. The predicted octanol–water partition coefficient (Wildman–Crippen LogP) is 3.32. The van der Waals surface area contributed by atoms with Gasteiger partial charge in [0.25, 0.3) is 0 Å². The fraction of sp³-hybridized carbons (Fsp3) is 0.562. The summed E-state index contributed by atoms with van der Waals surface area (Å²) in [6.45, 7) is 8.44. The Labute approximate surface area is 121 Å². The predicted molar refractivity (Wildman–Crippen MR) is 84.2 cm³/mol. The van der Waals surface area contributed by atoms with Crippen LogP contribution in [-0.4, -0.2) is 26.2 Å². The van der Waals surface area contributed by atoms with E-state index >= 15 is 0 Å². The number of benzene rings is 1. The van der Waals surface area contributed by atoms with E-state index in [0.29, 0.717) is 17.2 Å². The van der Waals surface area contributed by atoms with Crippen molar-refractivity contribution in [3.05, 3.63) is 23.8 Å². The molecule has 0 radical (unpaired) electrons. The quantitative estimate of drug-likeness (QED) is 0.614. The number of carbonyl (C=O) groups excluding carboxylic acids is 1. The molecular weight excluding hydrogens is 252 g/mol. The molecule has 4 nitrogen and oxygen atoms in total. The Balaban J connectivity index is 2.96. The van der Waals surface area contributed by atoms with Crippen LogP contribution in [0.1, 0.15) is 44.0 Å². The van der Waals surface area contributed by atoms with Crippen molar-refractivity contribution in [1.29, 1.82) is 0 Å². The van der Waals surface area contributed by atoms with Crippen molar-refractivity contribution >= 4 is 17.3 Å². The number of hydrogen-bond acceptors (Lipinski definition) is 4. The van der Waals surface area contributed by atoms with Gasteiger partial charge in [-0.2, -0.15) is 0 Å². The van der Waals surface area contributed by atoms with Gasteiger partial charge in [-0.25, -0.2) is 4.79 Å². The number of esters is 1. The van der Waals surface area contributed by atoms with Crippen molar-refractivity contribution in [2.75, 3.05) is 30.8 Å². The van der Waals surface area contributed by atoms with Crippen LogP contribution in [-0.2, 0) is 4.74 Å². The van der Waals surface area contributed by atoms with E-state index in [0.717, 1.165) is 31.6 Å². The summed E-state index contributed by atoms with van der Waals surface area (Å²) in [5.41, 5.74) is 8.21. The molecule has 0 bridgehead atoms. The van der Waals surface area contributed by atoms with E-state index < -0.39 is 0 Å². The maximum absolute atomic E-state index is 11.5. The number of ether oxygens (including phenoxy) is 1. The molecule has 1 aromatic rings. The molecule has 0 aliphatic heterocycles. The minimum absolute atomic E-state index is 0.355. The molecule has 0 aliphatic rings. The first kappa shape index (κ1) is 16.3. The molecule has 0 atom stereocenters. The lowest BCUT2D eigenvalue weighted by Gasteiger charge is -2.28. The van der Waals surface area contributed by atoms with Gasteiger partial charge in [0.15, 0.2) is 0 Å². The van der Waals surface area contributed by atoms with Crippen LogP contribution in [0.3, 0.4) is 0 Å². The second kappa shape index (κ2) is 7.78. The fourth-order valence-electron chi connectivity index (χ4n) is 2.34. The van der Waals surface area contributed by atoms with Crippen molar-refractivity contribution in [3.63, 3.8) is 0 Å². The molecule has 0 saturated carbocycles. The minimum atomic E-state index is -0.355. The maximum Gasteiger partial charge on any atom is 0.337 e. The molecule has 0 amide bonds. The Morgan fingerprint density at radius 1 is 1.30 bits per heavy atom. The molecule has 0 fully saturated rings. The smallest absolute Gasteiger partial charge is 0.337 e. The Hall–Kier alpha value is -1.71. The van der Waals surface area contributed by atoms with E-state index in [9.17, 15) is 4.79 Å². The van der Waals surface area contributed by atoms with Crippen molar-refractivity contribution in [1.82, 2.24) is 0 Å². The van der Waals surface area contributed by atoms with Crippen LogP contribution in [0, 0.1) is 5.92 Å². The van der Waals surface area contributed by atoms with Crippen LogP contribution in [0.15, 0.2) is 18.2 Å². The van der Waals surface area contributed by atoms with Crippen molar-refractivity contribution in [2.45, 2.75) is 33.6 Å². The lowest BCUT2D eigenvalue weighted by Crippen LogP contribution is -2.29. The third-order valence-corrected chi connectivity index (χ3v) is 3.80. The largest absolute Gasteiger partial charge is 0.465 e. The minimum Gasteiger partial charge on any atom is -0.465 e. The highest BCUT2D eigenvalue weighted by molar-refractivity contribution is 5.91. The van der Waals surface area contributed by atoms with Crippen LogP contribution in [0.2, 0.25) is 0 Å². The summed E-state index contributed by atoms with van der Waals surface area (Å²) in [7, 11) is 1.37. The summed E-state index contributed by atoms with van der Waals surface area (Å²) in [5, 5.41) is 0. The third kappa shape index (κ3) is 3.89. The van der Waals surface area contributed by atoms with Crippen molar-refractivity contribution in [2.24, 2.45) is 5.92 Å². The van der Waals surface area contributed by atoms with Crippen LogP contribution >= 0.6 is 0 Å². The lowest BCUT2D eigenvalue weighted by atomic mass is 10.0. The molecule has 0 aliphatic carbocycles. The summed E-state index contributed by atoms with van der Waals surface area (Å²) >= 11 is 0. The van der Waals surface area contributed by atoms with E-state index in [1.54, 1.807) is 12.1 Å². The van der Waals surface area contributed by atoms with Gasteiger partial charge in [0.1, 0.15) is 0 Å². The first-order chi connectivity index (χ1) is 9.57. The Bertz CT molecular complexity index is 442. The highest BCUT2D eigenvalue weighted by Gasteiger charge is 2.15. The first-order valence-electron chi connectivity index (χ1n) is 7.30. The molecule has 20 heavy (non-hydrogen) atoms. The summed E-state index contributed by atoms with van der Waals surface area (Å²) in [4.78, 5) is 13.8. The summed E-state index contributed by atoms with van der Waals surface area (Å²) < 4.78 is 4.71. The number of anilines is 2. The standard InChI is InChI=1S/C16H26N2O2/c1-5-12(6-2)11-18(7-3)15-9-8-13(10-14(15)17)16(19)20-4/h8-10,12H,5-7,11,17H2,1-4H3. The highest BCUT2D eigenvalue weighted by atomic mass is 16.5. The molecule has 2 N–H and O–H groups in total. The van der Waals surface area contributed by atoms with Crippen LogP contribution in [0.5, 0.6) is 0 Å². The summed E-state index contributed by atoms with van der Waals surface area (Å²) in [6, 6.07) is 5.37. The SMILES string of the molecule is CCC(CC)CN(CC)c1ccc(C(=O)OC)cc1N. The van der Waals surface area contributed by atoms with Crippen LogP contribution in [0.4, 0.5) is 11.4 Å². The molecule has 1 rings (SSSR count). The Morgan fingerprint density at radius 3 is 2.40 bits per heavy atom. The molecule has 4 heteroatoms. The van der Waals surface area contributed by atoms with Crippen molar-refractivity contribution in [3.8, 4) is 0 Å². The van der Waals surface area contributed by atoms with Gasteiger partial charge in [-0.05, 0) is 31.0 Å². The molecule has 0 saturated heterocycles. The molecule has 0 unspecified atom stereocenters. The van der Waals surface area contributed by atoms with Gasteiger partial charge >= 0.3 is 5.97 Å². The summed E-state index contributed by atoms with van der Waals surface area (Å²) in [5.74, 6) is 0.306. The van der Waals surface area contributed by atoms with E-state index in [1.165, 1.54) is 7.11 Å². The van der Waals surface area contributed by atoms with E-state index in [1.807, 2.05) is 6.07 Å². The number of nitrogens with two attached hydrogens (primary N) is 1. The number of carbonyl (C=O) groups is 1. The van der Waals surface area contributed by atoms with Gasteiger partial charge in [0.2, 0.25) is 0 Å². The van der Waals surface area contributed by atoms with Gasteiger partial charge in [-0.15, -0.1) is 0 Å². The summed E-state index contributed by atoms with van der Waals surface area (Å²) in [6.07, 6.45) is 2.32. The second-order valence-corrected chi connectivity index (χ2v) is 4.99. The van der Waals surface area contributed by atoms with E-state index in [4.69, 9.17) is 10.5 Å². The zero-order chi connectivity index (χ0) is 15.1. The van der Waals surface area contributed by atoms with Crippen molar-refractivity contribution < 1.29 is 9.53 Å².